The lowest BCUT2D eigenvalue weighted by atomic mass is 10.6. The lowest BCUT2D eigenvalue weighted by molar-refractivity contribution is -0.130. The van der Waals surface area contributed by atoms with E-state index in [1.165, 1.54) is 7.11 Å². The Labute approximate surface area is 103 Å². The molecule has 0 aromatic rings. The van der Waals surface area contributed by atoms with Crippen molar-refractivity contribution in [1.29, 1.82) is 0 Å². The van der Waals surface area contributed by atoms with E-state index in [1.807, 2.05) is 13.8 Å². The molecule has 8 heteroatoms. The van der Waals surface area contributed by atoms with Crippen molar-refractivity contribution in [3.05, 3.63) is 0 Å². The van der Waals surface area contributed by atoms with Gasteiger partial charge in [0.05, 0.1) is 13.2 Å². The van der Waals surface area contributed by atoms with Gasteiger partial charge in [0.15, 0.2) is 6.29 Å². The van der Waals surface area contributed by atoms with Crippen LogP contribution in [0.4, 0.5) is 0 Å². The Hall–Kier alpha value is -0.250. The normalized spacial score (nSPS) is 12.2. The standard InChI is InChI=1S/C9H22N2O5S/c1-4-15-9(16-5-2)8-11-17(12,13)10-6-7-14-3/h9-11H,4-8H2,1-3H3. The molecule has 7 nitrogen and oxygen atoms in total. The highest BCUT2D eigenvalue weighted by Gasteiger charge is 2.13. The highest BCUT2D eigenvalue weighted by molar-refractivity contribution is 7.87. The topological polar surface area (TPSA) is 85.9 Å². The molecule has 0 fully saturated rings. The lowest BCUT2D eigenvalue weighted by Gasteiger charge is -2.17. The van der Waals surface area contributed by atoms with E-state index in [0.717, 1.165) is 0 Å². The quantitative estimate of drug-likeness (QED) is 0.389. The van der Waals surface area contributed by atoms with Crippen molar-refractivity contribution in [3.63, 3.8) is 0 Å². The second kappa shape index (κ2) is 9.75. The van der Waals surface area contributed by atoms with Gasteiger partial charge in [-0.25, -0.2) is 0 Å². The maximum absolute atomic E-state index is 11.4. The highest BCUT2D eigenvalue weighted by Crippen LogP contribution is 1.94. The fraction of sp³-hybridized carbons (Fsp3) is 1.00. The van der Waals surface area contributed by atoms with Crippen molar-refractivity contribution < 1.29 is 22.6 Å². The number of rotatable bonds is 11. The molecular weight excluding hydrogens is 248 g/mol. The molecule has 0 atom stereocenters. The van der Waals surface area contributed by atoms with Crippen molar-refractivity contribution in [2.45, 2.75) is 20.1 Å². The number of hydrogen-bond donors (Lipinski definition) is 2. The summed E-state index contributed by atoms with van der Waals surface area (Å²) in [4.78, 5) is 0. The van der Waals surface area contributed by atoms with Crippen molar-refractivity contribution in [2.75, 3.05) is 40.0 Å². The van der Waals surface area contributed by atoms with Crippen LogP contribution in [0.2, 0.25) is 0 Å². The first-order valence-electron chi connectivity index (χ1n) is 5.52. The minimum absolute atomic E-state index is 0.0734. The van der Waals surface area contributed by atoms with E-state index < -0.39 is 16.5 Å². The summed E-state index contributed by atoms with van der Waals surface area (Å²) < 4.78 is 42.7. The monoisotopic (exact) mass is 270 g/mol. The van der Waals surface area contributed by atoms with Crippen LogP contribution in [0.25, 0.3) is 0 Å². The maximum atomic E-state index is 11.4. The predicted molar refractivity (Wildman–Crippen MR) is 63.8 cm³/mol. The number of hydrogen-bond acceptors (Lipinski definition) is 5. The molecule has 0 amide bonds. The predicted octanol–water partition coefficient (Wildman–Crippen LogP) is -0.544. The maximum Gasteiger partial charge on any atom is 0.277 e. The summed E-state index contributed by atoms with van der Waals surface area (Å²) in [5.41, 5.74) is 0. The first kappa shape index (κ1) is 16.8. The van der Waals surface area contributed by atoms with Crippen LogP contribution in [0.5, 0.6) is 0 Å². The van der Waals surface area contributed by atoms with E-state index in [4.69, 9.17) is 14.2 Å². The third kappa shape index (κ3) is 9.45. The molecule has 104 valence electrons. The van der Waals surface area contributed by atoms with Gasteiger partial charge in [0.25, 0.3) is 10.2 Å². The summed E-state index contributed by atoms with van der Waals surface area (Å²) in [6.07, 6.45) is -0.566. The zero-order chi connectivity index (χ0) is 13.1. The van der Waals surface area contributed by atoms with E-state index in [2.05, 4.69) is 9.44 Å². The van der Waals surface area contributed by atoms with E-state index >= 15 is 0 Å². The average molecular weight is 270 g/mol. The molecule has 0 aliphatic heterocycles. The van der Waals surface area contributed by atoms with Crippen LogP contribution in [0.15, 0.2) is 0 Å². The number of methoxy groups -OCH3 is 1. The molecule has 0 aliphatic carbocycles. The zero-order valence-corrected chi connectivity index (χ0v) is 11.4. The SMILES string of the molecule is CCOC(CNS(=O)(=O)NCCOC)OCC. The van der Waals surface area contributed by atoms with E-state index in [-0.39, 0.29) is 13.1 Å². The van der Waals surface area contributed by atoms with Gasteiger partial charge in [0.2, 0.25) is 0 Å². The van der Waals surface area contributed by atoms with Gasteiger partial charge in [-0.2, -0.15) is 17.9 Å². The molecule has 17 heavy (non-hydrogen) atoms. The second-order valence-corrected chi connectivity index (χ2v) is 4.66. The first-order chi connectivity index (χ1) is 8.05. The minimum atomic E-state index is -3.53. The van der Waals surface area contributed by atoms with Gasteiger partial charge in [0.1, 0.15) is 0 Å². The van der Waals surface area contributed by atoms with Gasteiger partial charge in [-0.05, 0) is 13.8 Å². The number of ether oxygens (including phenoxy) is 3. The van der Waals surface area contributed by atoms with Crippen LogP contribution < -0.4 is 9.44 Å². The van der Waals surface area contributed by atoms with Crippen molar-refractivity contribution in [1.82, 2.24) is 9.44 Å². The van der Waals surface area contributed by atoms with Crippen LogP contribution >= 0.6 is 0 Å². The smallest absolute Gasteiger partial charge is 0.277 e. The molecule has 0 unspecified atom stereocenters. The molecule has 0 saturated heterocycles. The zero-order valence-electron chi connectivity index (χ0n) is 10.6. The molecule has 0 aromatic carbocycles. The van der Waals surface area contributed by atoms with Gasteiger partial charge >= 0.3 is 0 Å². The summed E-state index contributed by atoms with van der Waals surface area (Å²) in [6.45, 7) is 5.17. The molecule has 0 heterocycles. The van der Waals surface area contributed by atoms with Crippen LogP contribution in [0.1, 0.15) is 13.8 Å². The molecular formula is C9H22N2O5S. The van der Waals surface area contributed by atoms with E-state index in [0.29, 0.717) is 19.8 Å². The fourth-order valence-electron chi connectivity index (χ4n) is 1.04. The van der Waals surface area contributed by atoms with Gasteiger partial charge < -0.3 is 14.2 Å². The van der Waals surface area contributed by atoms with Gasteiger partial charge in [0, 0.05) is 26.9 Å². The third-order valence-electron chi connectivity index (χ3n) is 1.74. The molecule has 0 aromatic heterocycles. The van der Waals surface area contributed by atoms with Crippen molar-refractivity contribution in [2.24, 2.45) is 0 Å². The molecule has 0 saturated carbocycles. The Balaban J connectivity index is 3.95. The largest absolute Gasteiger partial charge is 0.383 e. The van der Waals surface area contributed by atoms with Crippen molar-refractivity contribution >= 4 is 10.2 Å². The fourth-order valence-corrected chi connectivity index (χ4v) is 1.85. The second-order valence-electron chi connectivity index (χ2n) is 3.08. The first-order valence-corrected chi connectivity index (χ1v) is 7.00. The van der Waals surface area contributed by atoms with Gasteiger partial charge in [-0.15, -0.1) is 0 Å². The Morgan fingerprint density at radius 1 is 1.12 bits per heavy atom. The molecule has 0 aliphatic rings. The summed E-state index contributed by atoms with van der Waals surface area (Å²) in [5, 5.41) is 0. The van der Waals surface area contributed by atoms with Gasteiger partial charge in [-0.3, -0.25) is 0 Å². The lowest BCUT2D eigenvalue weighted by Crippen LogP contribution is -2.42. The number of nitrogens with one attached hydrogen (secondary N) is 2. The van der Waals surface area contributed by atoms with E-state index in [1.54, 1.807) is 0 Å². The van der Waals surface area contributed by atoms with Crippen LogP contribution in [-0.2, 0) is 24.4 Å². The molecule has 2 N–H and O–H groups in total. The third-order valence-corrected chi connectivity index (χ3v) is 2.87. The molecule has 0 spiro atoms. The average Bonchev–Trinajstić information content (AvgIpc) is 2.27. The van der Waals surface area contributed by atoms with Crippen molar-refractivity contribution in [3.8, 4) is 0 Å². The summed E-state index contributed by atoms with van der Waals surface area (Å²) in [5.74, 6) is 0. The molecule has 0 radical (unpaired) electrons. The Bertz CT molecular complexity index is 265. The van der Waals surface area contributed by atoms with Gasteiger partial charge in [-0.1, -0.05) is 0 Å². The van der Waals surface area contributed by atoms with E-state index in [9.17, 15) is 8.42 Å². The highest BCUT2D eigenvalue weighted by atomic mass is 32.2. The minimum Gasteiger partial charge on any atom is -0.383 e. The molecule has 0 bridgehead atoms. The summed E-state index contributed by atoms with van der Waals surface area (Å²) in [7, 11) is -2.02. The van der Waals surface area contributed by atoms with Crippen LogP contribution in [0, 0.1) is 0 Å². The Kier molecular flexibility index (Phi) is 9.60. The summed E-state index contributed by atoms with van der Waals surface area (Å²) in [6, 6.07) is 0. The molecule has 0 rings (SSSR count). The van der Waals surface area contributed by atoms with Crippen LogP contribution in [0.3, 0.4) is 0 Å². The van der Waals surface area contributed by atoms with Crippen LogP contribution in [-0.4, -0.2) is 54.7 Å². The Morgan fingerprint density at radius 3 is 2.18 bits per heavy atom. The summed E-state index contributed by atoms with van der Waals surface area (Å²) >= 11 is 0. The Morgan fingerprint density at radius 2 is 1.71 bits per heavy atom.